The molecule has 2 aromatic carbocycles. The highest BCUT2D eigenvalue weighted by atomic mass is 16.5. The molecule has 0 saturated carbocycles. The maximum Gasteiger partial charge on any atom is 0.328 e. The van der Waals surface area contributed by atoms with Crippen LogP contribution < -0.4 is 9.47 Å². The zero-order valence-electron chi connectivity index (χ0n) is 22.4. The van der Waals surface area contributed by atoms with Gasteiger partial charge in [-0.15, -0.1) is 0 Å². The summed E-state index contributed by atoms with van der Waals surface area (Å²) in [5.41, 5.74) is 2.01. The third kappa shape index (κ3) is 9.25. The van der Waals surface area contributed by atoms with Gasteiger partial charge in [-0.3, -0.25) is 4.79 Å². The number of benzene rings is 2. The van der Waals surface area contributed by atoms with E-state index in [4.69, 9.17) is 19.7 Å². The SMILES string of the molecule is C=CCOc1ccccc1OCC(O)CN1CCC(N2CCc3ccccc3C2=O)CC1.O=C(O)/C=C/C(=O)O. The number of rotatable bonds is 11. The van der Waals surface area contributed by atoms with Crippen LogP contribution in [0.4, 0.5) is 0 Å². The van der Waals surface area contributed by atoms with Gasteiger partial charge in [0.05, 0.1) is 0 Å². The zero-order valence-corrected chi connectivity index (χ0v) is 22.4. The van der Waals surface area contributed by atoms with Crippen LogP contribution in [0.1, 0.15) is 28.8 Å². The second-order valence-corrected chi connectivity index (χ2v) is 9.46. The maximum absolute atomic E-state index is 12.9. The number of para-hydroxylation sites is 2. The van der Waals surface area contributed by atoms with E-state index >= 15 is 0 Å². The van der Waals surface area contributed by atoms with E-state index in [9.17, 15) is 19.5 Å². The summed E-state index contributed by atoms with van der Waals surface area (Å²) in [7, 11) is 0. The van der Waals surface area contributed by atoms with Gasteiger partial charge >= 0.3 is 11.9 Å². The molecular formula is C30H36N2O8. The standard InChI is InChI=1S/C26H32N2O4.C4H4O4/c1-2-17-31-24-9-5-6-10-25(24)32-19-22(29)18-27-14-12-21(13-15-27)28-16-11-20-7-3-4-8-23(20)26(28)30;5-3(6)1-2-4(7)8/h2-10,21-22,29H,1,11-19H2;1-2H,(H,5,6)(H,7,8)/b;2-1+. The molecule has 2 heterocycles. The lowest BCUT2D eigenvalue weighted by molar-refractivity contribution is -0.134. The number of fused-ring (bicyclic) bond motifs is 1. The fraction of sp³-hybridized carbons (Fsp3) is 0.367. The number of β-amino-alcohol motifs (C(OH)–C–C–N with tert-alkyl or cyclic N) is 1. The van der Waals surface area contributed by atoms with Gasteiger partial charge in [0.15, 0.2) is 11.5 Å². The van der Waals surface area contributed by atoms with Gasteiger partial charge in [0.1, 0.15) is 19.3 Å². The number of piperidine rings is 1. The Kier molecular flexibility index (Phi) is 11.7. The molecule has 2 aliphatic heterocycles. The number of aliphatic carboxylic acids is 2. The van der Waals surface area contributed by atoms with Gasteiger partial charge in [0.2, 0.25) is 0 Å². The number of carbonyl (C=O) groups excluding carboxylic acids is 1. The van der Waals surface area contributed by atoms with E-state index in [0.717, 1.165) is 50.0 Å². The van der Waals surface area contributed by atoms with Crippen molar-refractivity contribution >= 4 is 17.8 Å². The third-order valence-corrected chi connectivity index (χ3v) is 6.60. The number of carboxylic acid groups (broad SMARTS) is 2. The average molecular weight is 553 g/mol. The number of ether oxygens (including phenoxy) is 2. The molecule has 0 radical (unpaired) electrons. The molecule has 214 valence electrons. The topological polar surface area (TPSA) is 137 Å². The predicted molar refractivity (Wildman–Crippen MR) is 149 cm³/mol. The van der Waals surface area contributed by atoms with E-state index in [-0.39, 0.29) is 18.6 Å². The quantitative estimate of drug-likeness (QED) is 0.284. The van der Waals surface area contributed by atoms with Crippen molar-refractivity contribution in [2.75, 3.05) is 39.4 Å². The Labute approximate surface area is 233 Å². The minimum Gasteiger partial charge on any atom is -0.487 e. The number of nitrogens with zero attached hydrogens (tertiary/aromatic N) is 2. The van der Waals surface area contributed by atoms with E-state index < -0.39 is 18.0 Å². The molecule has 0 bridgehead atoms. The van der Waals surface area contributed by atoms with Crippen LogP contribution in [0.2, 0.25) is 0 Å². The Morgan fingerprint density at radius 2 is 1.55 bits per heavy atom. The summed E-state index contributed by atoms with van der Waals surface area (Å²) < 4.78 is 11.4. The first kappa shape index (κ1) is 30.4. The lowest BCUT2D eigenvalue weighted by Gasteiger charge is -2.41. The molecular weight excluding hydrogens is 516 g/mol. The summed E-state index contributed by atoms with van der Waals surface area (Å²) >= 11 is 0. The highest BCUT2D eigenvalue weighted by molar-refractivity contribution is 5.97. The van der Waals surface area contributed by atoms with Crippen molar-refractivity contribution in [2.24, 2.45) is 0 Å². The number of aliphatic hydroxyl groups excluding tert-OH is 1. The minimum atomic E-state index is -1.26. The van der Waals surface area contributed by atoms with Crippen molar-refractivity contribution in [1.82, 2.24) is 9.80 Å². The van der Waals surface area contributed by atoms with Crippen LogP contribution >= 0.6 is 0 Å². The smallest absolute Gasteiger partial charge is 0.328 e. The number of carbonyl (C=O) groups is 3. The van der Waals surface area contributed by atoms with E-state index in [1.807, 2.05) is 42.5 Å². The Morgan fingerprint density at radius 3 is 2.17 bits per heavy atom. The largest absolute Gasteiger partial charge is 0.487 e. The predicted octanol–water partition coefficient (Wildman–Crippen LogP) is 2.87. The number of hydrogen-bond donors (Lipinski definition) is 3. The summed E-state index contributed by atoms with van der Waals surface area (Å²) in [4.78, 5) is 36.3. The van der Waals surface area contributed by atoms with Crippen molar-refractivity contribution in [2.45, 2.75) is 31.4 Å². The molecule has 4 rings (SSSR count). The van der Waals surface area contributed by atoms with Crippen molar-refractivity contribution in [3.63, 3.8) is 0 Å². The van der Waals surface area contributed by atoms with Crippen LogP contribution in [0.5, 0.6) is 11.5 Å². The van der Waals surface area contributed by atoms with Gasteiger partial charge in [-0.25, -0.2) is 9.59 Å². The summed E-state index contributed by atoms with van der Waals surface area (Å²) in [5, 5.41) is 26.1. The van der Waals surface area contributed by atoms with Crippen LogP contribution in [0, 0.1) is 0 Å². The van der Waals surface area contributed by atoms with Crippen LogP contribution in [-0.2, 0) is 16.0 Å². The molecule has 1 fully saturated rings. The number of carboxylic acids is 2. The minimum absolute atomic E-state index is 0.163. The molecule has 10 nitrogen and oxygen atoms in total. The van der Waals surface area contributed by atoms with Crippen LogP contribution in [0.25, 0.3) is 0 Å². The number of aliphatic hydroxyl groups is 1. The highest BCUT2D eigenvalue weighted by Gasteiger charge is 2.32. The van der Waals surface area contributed by atoms with Crippen molar-refractivity contribution in [3.8, 4) is 11.5 Å². The molecule has 40 heavy (non-hydrogen) atoms. The third-order valence-electron chi connectivity index (χ3n) is 6.60. The Morgan fingerprint density at radius 1 is 0.950 bits per heavy atom. The van der Waals surface area contributed by atoms with Gasteiger partial charge < -0.3 is 34.6 Å². The molecule has 2 aromatic rings. The van der Waals surface area contributed by atoms with Crippen LogP contribution in [0.3, 0.4) is 0 Å². The van der Waals surface area contributed by atoms with E-state index in [0.29, 0.717) is 36.8 Å². The number of amides is 1. The molecule has 1 atom stereocenters. The number of likely N-dealkylation sites (tertiary alicyclic amines) is 1. The molecule has 3 N–H and O–H groups in total. The van der Waals surface area contributed by atoms with Gasteiger partial charge in [0.25, 0.3) is 5.91 Å². The fourth-order valence-electron chi connectivity index (χ4n) is 4.72. The molecule has 0 spiro atoms. The lowest BCUT2D eigenvalue weighted by Crippen LogP contribution is -2.51. The summed E-state index contributed by atoms with van der Waals surface area (Å²) in [6, 6.07) is 15.7. The summed E-state index contributed by atoms with van der Waals surface area (Å²) in [6.45, 7) is 7.36. The van der Waals surface area contributed by atoms with Gasteiger partial charge in [0, 0.05) is 49.9 Å². The van der Waals surface area contributed by atoms with Crippen LogP contribution in [0.15, 0.2) is 73.3 Å². The summed E-state index contributed by atoms with van der Waals surface area (Å²) in [5.74, 6) is -1.08. The van der Waals surface area contributed by atoms with Crippen molar-refractivity contribution in [1.29, 1.82) is 0 Å². The molecule has 1 saturated heterocycles. The molecule has 10 heteroatoms. The zero-order chi connectivity index (χ0) is 28.9. The van der Waals surface area contributed by atoms with E-state index in [2.05, 4.69) is 22.4 Å². The Balaban J connectivity index is 0.000000482. The van der Waals surface area contributed by atoms with Gasteiger partial charge in [-0.2, -0.15) is 0 Å². The maximum atomic E-state index is 12.9. The van der Waals surface area contributed by atoms with Crippen LogP contribution in [-0.4, -0.2) is 94.5 Å². The molecule has 0 aliphatic carbocycles. The highest BCUT2D eigenvalue weighted by Crippen LogP contribution is 2.27. The normalized spacial score (nSPS) is 16.4. The molecule has 1 amide bonds. The number of hydrogen-bond acceptors (Lipinski definition) is 7. The Hall–Kier alpha value is -4.15. The molecule has 1 unspecified atom stereocenters. The first-order chi connectivity index (χ1) is 19.3. The molecule has 2 aliphatic rings. The monoisotopic (exact) mass is 552 g/mol. The lowest BCUT2D eigenvalue weighted by atomic mass is 9.95. The average Bonchev–Trinajstić information content (AvgIpc) is 2.95. The van der Waals surface area contributed by atoms with Gasteiger partial charge in [-0.05, 0) is 43.0 Å². The fourth-order valence-corrected chi connectivity index (χ4v) is 4.72. The Bertz CT molecular complexity index is 1170. The van der Waals surface area contributed by atoms with Crippen molar-refractivity contribution < 1.29 is 39.2 Å². The van der Waals surface area contributed by atoms with Crippen molar-refractivity contribution in [3.05, 3.63) is 84.5 Å². The first-order valence-corrected chi connectivity index (χ1v) is 13.2. The first-order valence-electron chi connectivity index (χ1n) is 13.2. The second-order valence-electron chi connectivity index (χ2n) is 9.46. The van der Waals surface area contributed by atoms with E-state index in [1.165, 1.54) is 0 Å². The summed E-state index contributed by atoms with van der Waals surface area (Å²) in [6.07, 6.45) is 4.99. The molecule has 0 aromatic heterocycles. The van der Waals surface area contributed by atoms with Gasteiger partial charge in [-0.1, -0.05) is 43.0 Å². The second kappa shape index (κ2) is 15.4. The van der Waals surface area contributed by atoms with E-state index in [1.54, 1.807) is 6.08 Å².